The lowest BCUT2D eigenvalue weighted by Gasteiger charge is -2.39. The SMILES string of the molecule is CCC1(OC(=O)C2CC3CC2C2C4CCC(C4)C32)CCCC1. The van der Waals surface area contributed by atoms with Crippen LogP contribution in [0.25, 0.3) is 0 Å². The molecule has 7 unspecified atom stereocenters. The monoisotopic (exact) mass is 302 g/mol. The van der Waals surface area contributed by atoms with Gasteiger partial charge >= 0.3 is 5.97 Å². The molecule has 122 valence electrons. The summed E-state index contributed by atoms with van der Waals surface area (Å²) in [6.07, 6.45) is 12.6. The third kappa shape index (κ3) is 1.76. The second-order valence-corrected chi connectivity index (χ2v) is 9.15. The summed E-state index contributed by atoms with van der Waals surface area (Å²) in [4.78, 5) is 12.9. The molecular weight excluding hydrogens is 272 g/mol. The zero-order valence-electron chi connectivity index (χ0n) is 13.9. The molecule has 0 heterocycles. The number of hydrogen-bond acceptors (Lipinski definition) is 2. The van der Waals surface area contributed by atoms with Crippen molar-refractivity contribution in [1.82, 2.24) is 0 Å². The second-order valence-electron chi connectivity index (χ2n) is 9.15. The summed E-state index contributed by atoms with van der Waals surface area (Å²) in [5, 5.41) is 0. The predicted molar refractivity (Wildman–Crippen MR) is 85.1 cm³/mol. The molecule has 0 aromatic heterocycles. The fraction of sp³-hybridized carbons (Fsp3) is 0.950. The largest absolute Gasteiger partial charge is 0.459 e. The van der Waals surface area contributed by atoms with Crippen molar-refractivity contribution < 1.29 is 9.53 Å². The normalized spacial score (nSPS) is 50.5. The number of fused-ring (bicyclic) bond motifs is 9. The molecule has 0 aliphatic heterocycles. The smallest absolute Gasteiger partial charge is 0.309 e. The summed E-state index contributed by atoms with van der Waals surface area (Å²) in [5.74, 6) is 5.89. The van der Waals surface area contributed by atoms with Crippen molar-refractivity contribution in [3.8, 4) is 0 Å². The second kappa shape index (κ2) is 4.74. The summed E-state index contributed by atoms with van der Waals surface area (Å²) in [7, 11) is 0. The van der Waals surface area contributed by atoms with Gasteiger partial charge in [0.1, 0.15) is 5.60 Å². The van der Waals surface area contributed by atoms with Gasteiger partial charge in [0.15, 0.2) is 0 Å². The first-order valence-electron chi connectivity index (χ1n) is 9.93. The Kier molecular flexibility index (Phi) is 2.99. The van der Waals surface area contributed by atoms with Crippen LogP contribution in [0.15, 0.2) is 0 Å². The van der Waals surface area contributed by atoms with E-state index in [2.05, 4.69) is 6.92 Å². The molecule has 0 amide bonds. The molecule has 5 aliphatic carbocycles. The van der Waals surface area contributed by atoms with Gasteiger partial charge in [-0.1, -0.05) is 6.92 Å². The molecule has 5 rings (SSSR count). The van der Waals surface area contributed by atoms with Gasteiger partial charge in [-0.05, 0) is 99.7 Å². The van der Waals surface area contributed by atoms with E-state index in [1.54, 1.807) is 0 Å². The standard InChI is InChI=1S/C20H30O2/c1-2-20(7-3-4-8-20)22-19(21)16-11-14-10-15(16)18-13-6-5-12(9-13)17(14)18/h12-18H,2-11H2,1H3. The van der Waals surface area contributed by atoms with E-state index >= 15 is 0 Å². The molecule has 7 atom stereocenters. The van der Waals surface area contributed by atoms with E-state index in [-0.39, 0.29) is 17.5 Å². The molecule has 0 aromatic rings. The van der Waals surface area contributed by atoms with Gasteiger partial charge in [-0.25, -0.2) is 0 Å². The summed E-state index contributed by atoms with van der Waals surface area (Å²) in [5.41, 5.74) is -0.0903. The Hall–Kier alpha value is -0.530. The highest BCUT2D eigenvalue weighted by molar-refractivity contribution is 5.74. The molecule has 0 N–H and O–H groups in total. The van der Waals surface area contributed by atoms with Crippen LogP contribution in [0.3, 0.4) is 0 Å². The Labute approximate surface area is 134 Å². The summed E-state index contributed by atoms with van der Waals surface area (Å²) in [6.45, 7) is 2.20. The lowest BCUT2D eigenvalue weighted by Crippen LogP contribution is -2.40. The van der Waals surface area contributed by atoms with E-state index in [4.69, 9.17) is 4.74 Å². The van der Waals surface area contributed by atoms with Crippen LogP contribution in [-0.2, 0) is 9.53 Å². The van der Waals surface area contributed by atoms with Gasteiger partial charge in [-0.2, -0.15) is 0 Å². The highest BCUT2D eigenvalue weighted by atomic mass is 16.6. The maximum absolute atomic E-state index is 12.9. The number of esters is 1. The van der Waals surface area contributed by atoms with Crippen LogP contribution in [0, 0.1) is 41.4 Å². The minimum absolute atomic E-state index is 0.0903. The van der Waals surface area contributed by atoms with Crippen LogP contribution >= 0.6 is 0 Å². The molecular formula is C20H30O2. The molecule has 4 bridgehead atoms. The number of hydrogen-bond donors (Lipinski definition) is 0. The Morgan fingerprint density at radius 3 is 2.45 bits per heavy atom. The fourth-order valence-electron chi connectivity index (χ4n) is 7.67. The summed E-state index contributed by atoms with van der Waals surface area (Å²) < 4.78 is 6.17. The summed E-state index contributed by atoms with van der Waals surface area (Å²) >= 11 is 0. The van der Waals surface area contributed by atoms with Crippen molar-refractivity contribution in [2.24, 2.45) is 41.4 Å². The van der Waals surface area contributed by atoms with Crippen molar-refractivity contribution >= 4 is 5.97 Å². The minimum atomic E-state index is -0.0903. The first kappa shape index (κ1) is 13.9. The van der Waals surface area contributed by atoms with Crippen LogP contribution < -0.4 is 0 Å². The Balaban J connectivity index is 1.32. The van der Waals surface area contributed by atoms with Crippen LogP contribution in [0.2, 0.25) is 0 Å². The predicted octanol–water partition coefficient (Wildman–Crippen LogP) is 4.57. The van der Waals surface area contributed by atoms with Crippen LogP contribution in [0.5, 0.6) is 0 Å². The van der Waals surface area contributed by atoms with Gasteiger partial charge < -0.3 is 4.74 Å². The number of ether oxygens (including phenoxy) is 1. The Morgan fingerprint density at radius 2 is 1.73 bits per heavy atom. The zero-order valence-corrected chi connectivity index (χ0v) is 13.9. The number of rotatable bonds is 3. The van der Waals surface area contributed by atoms with Gasteiger partial charge in [0, 0.05) is 0 Å². The van der Waals surface area contributed by atoms with Crippen LogP contribution in [0.4, 0.5) is 0 Å². The van der Waals surface area contributed by atoms with E-state index in [0.717, 1.165) is 55.3 Å². The molecule has 5 aliphatic rings. The maximum Gasteiger partial charge on any atom is 0.309 e. The van der Waals surface area contributed by atoms with Gasteiger partial charge in [-0.15, -0.1) is 0 Å². The van der Waals surface area contributed by atoms with Crippen molar-refractivity contribution in [1.29, 1.82) is 0 Å². The van der Waals surface area contributed by atoms with E-state index in [0.29, 0.717) is 5.92 Å². The van der Waals surface area contributed by atoms with Crippen LogP contribution in [-0.4, -0.2) is 11.6 Å². The maximum atomic E-state index is 12.9. The average Bonchev–Trinajstić information content (AvgIpc) is 3.30. The lowest BCUT2D eigenvalue weighted by atomic mass is 9.67. The summed E-state index contributed by atoms with van der Waals surface area (Å²) in [6, 6.07) is 0. The van der Waals surface area contributed by atoms with Crippen molar-refractivity contribution in [3.05, 3.63) is 0 Å². The third-order valence-electron chi connectivity index (χ3n) is 8.51. The van der Waals surface area contributed by atoms with E-state index in [1.807, 2.05) is 0 Å². The first-order valence-corrected chi connectivity index (χ1v) is 9.93. The van der Waals surface area contributed by atoms with E-state index in [9.17, 15) is 4.79 Å². The van der Waals surface area contributed by atoms with E-state index in [1.165, 1.54) is 38.5 Å². The van der Waals surface area contributed by atoms with Gasteiger partial charge in [0.05, 0.1) is 5.92 Å². The minimum Gasteiger partial charge on any atom is -0.459 e. The molecule has 2 nitrogen and oxygen atoms in total. The molecule has 22 heavy (non-hydrogen) atoms. The molecule has 5 fully saturated rings. The molecule has 5 saturated carbocycles. The quantitative estimate of drug-likeness (QED) is 0.564. The number of carbonyl (C=O) groups is 1. The average molecular weight is 302 g/mol. The highest BCUT2D eigenvalue weighted by Crippen LogP contribution is 2.69. The Morgan fingerprint density at radius 1 is 1.00 bits per heavy atom. The highest BCUT2D eigenvalue weighted by Gasteiger charge is 2.63. The molecule has 2 heteroatoms. The number of carbonyl (C=O) groups excluding carboxylic acids is 1. The van der Waals surface area contributed by atoms with Gasteiger partial charge in [0.2, 0.25) is 0 Å². The zero-order chi connectivity index (χ0) is 14.9. The van der Waals surface area contributed by atoms with Crippen molar-refractivity contribution in [3.63, 3.8) is 0 Å². The lowest BCUT2D eigenvalue weighted by molar-refractivity contribution is -0.168. The van der Waals surface area contributed by atoms with Crippen molar-refractivity contribution in [2.75, 3.05) is 0 Å². The topological polar surface area (TPSA) is 26.3 Å². The Bertz CT molecular complexity index is 478. The third-order valence-corrected chi connectivity index (χ3v) is 8.51. The first-order chi connectivity index (χ1) is 10.7. The molecule has 0 saturated heterocycles. The molecule has 0 aromatic carbocycles. The van der Waals surface area contributed by atoms with Gasteiger partial charge in [0.25, 0.3) is 0 Å². The van der Waals surface area contributed by atoms with Crippen molar-refractivity contribution in [2.45, 2.75) is 76.7 Å². The van der Waals surface area contributed by atoms with Crippen LogP contribution in [0.1, 0.15) is 71.1 Å². The van der Waals surface area contributed by atoms with Gasteiger partial charge in [-0.3, -0.25) is 4.79 Å². The van der Waals surface area contributed by atoms with E-state index < -0.39 is 0 Å². The fourth-order valence-corrected chi connectivity index (χ4v) is 7.67. The molecule has 0 radical (unpaired) electrons. The molecule has 0 spiro atoms.